The molecule has 0 aromatic carbocycles. The number of nitrogens with zero attached hydrogens (tertiary/aromatic N) is 1. The molecule has 0 aliphatic rings. The minimum atomic E-state index is -0.180. The minimum Gasteiger partial charge on any atom is -0.359 e. The van der Waals surface area contributed by atoms with Gasteiger partial charge in [-0.05, 0) is 6.92 Å². The van der Waals surface area contributed by atoms with E-state index in [9.17, 15) is 4.79 Å². The maximum absolute atomic E-state index is 11.3. The van der Waals surface area contributed by atoms with Gasteiger partial charge >= 0.3 is 0 Å². The molecule has 0 saturated carbocycles. The van der Waals surface area contributed by atoms with Crippen molar-refractivity contribution in [3.05, 3.63) is 17.5 Å². The van der Waals surface area contributed by atoms with Crippen molar-refractivity contribution in [2.75, 3.05) is 5.88 Å². The summed E-state index contributed by atoms with van der Waals surface area (Å²) in [7, 11) is 0. The van der Waals surface area contributed by atoms with E-state index in [4.69, 9.17) is 16.1 Å². The normalized spacial score (nSPS) is 12.5. The number of nitrogens with one attached hydrogen (secondary N) is 1. The van der Waals surface area contributed by atoms with Crippen molar-refractivity contribution in [3.63, 3.8) is 0 Å². The van der Waals surface area contributed by atoms with Gasteiger partial charge in [0.2, 0.25) is 5.91 Å². The molecule has 1 N–H and O–H groups in total. The van der Waals surface area contributed by atoms with Crippen LogP contribution in [-0.2, 0) is 11.3 Å². The molecule has 1 heterocycles. The van der Waals surface area contributed by atoms with E-state index < -0.39 is 0 Å². The number of alkyl halides is 1. The second-order valence-electron chi connectivity index (χ2n) is 3.21. The maximum atomic E-state index is 11.3. The molecular formula is C9H13ClN2O2. The molecule has 1 atom stereocenters. The van der Waals surface area contributed by atoms with E-state index in [-0.39, 0.29) is 11.8 Å². The van der Waals surface area contributed by atoms with Crippen LogP contribution in [0, 0.1) is 12.8 Å². The maximum Gasteiger partial charge on any atom is 0.224 e. The zero-order valence-electron chi connectivity index (χ0n) is 8.21. The van der Waals surface area contributed by atoms with E-state index in [1.165, 1.54) is 0 Å². The predicted octanol–water partition coefficient (Wildman–Crippen LogP) is 1.47. The summed E-state index contributed by atoms with van der Waals surface area (Å²) in [6, 6.07) is 1.78. The Morgan fingerprint density at radius 2 is 2.50 bits per heavy atom. The molecule has 1 unspecified atom stereocenters. The number of carbonyl (C=O) groups is 1. The number of hydrogen-bond acceptors (Lipinski definition) is 3. The molecule has 0 radical (unpaired) electrons. The molecular weight excluding hydrogens is 204 g/mol. The lowest BCUT2D eigenvalue weighted by atomic mass is 10.2. The van der Waals surface area contributed by atoms with E-state index >= 15 is 0 Å². The van der Waals surface area contributed by atoms with Crippen LogP contribution in [0.2, 0.25) is 0 Å². The fraction of sp³-hybridized carbons (Fsp3) is 0.556. The van der Waals surface area contributed by atoms with Crippen LogP contribution < -0.4 is 5.32 Å². The van der Waals surface area contributed by atoms with Gasteiger partial charge in [0.1, 0.15) is 0 Å². The summed E-state index contributed by atoms with van der Waals surface area (Å²) in [5, 5.41) is 6.41. The Balaban J connectivity index is 2.37. The van der Waals surface area contributed by atoms with E-state index in [0.717, 1.165) is 5.69 Å². The zero-order chi connectivity index (χ0) is 10.6. The largest absolute Gasteiger partial charge is 0.359 e. The first-order valence-electron chi connectivity index (χ1n) is 4.39. The van der Waals surface area contributed by atoms with E-state index in [1.54, 1.807) is 13.0 Å². The summed E-state index contributed by atoms with van der Waals surface area (Å²) < 4.78 is 4.93. The summed E-state index contributed by atoms with van der Waals surface area (Å²) in [6.07, 6.45) is 0. The predicted molar refractivity (Wildman–Crippen MR) is 53.0 cm³/mol. The van der Waals surface area contributed by atoms with Gasteiger partial charge in [-0.25, -0.2) is 0 Å². The van der Waals surface area contributed by atoms with Crippen molar-refractivity contribution in [2.24, 2.45) is 5.92 Å². The van der Waals surface area contributed by atoms with Crippen LogP contribution >= 0.6 is 11.6 Å². The molecule has 1 rings (SSSR count). The Kier molecular flexibility index (Phi) is 3.95. The second kappa shape index (κ2) is 5.00. The third-order valence-electron chi connectivity index (χ3n) is 1.79. The molecule has 14 heavy (non-hydrogen) atoms. The average Bonchev–Trinajstić information content (AvgIpc) is 2.59. The minimum absolute atomic E-state index is 0.0750. The number of aryl methyl sites for hydroxylation is 1. The van der Waals surface area contributed by atoms with Crippen LogP contribution in [0.4, 0.5) is 0 Å². The molecule has 0 spiro atoms. The lowest BCUT2D eigenvalue weighted by molar-refractivity contribution is -0.124. The number of carbonyl (C=O) groups excluding carboxylic acids is 1. The van der Waals surface area contributed by atoms with Gasteiger partial charge in [0.25, 0.3) is 0 Å². The summed E-state index contributed by atoms with van der Waals surface area (Å²) in [4.78, 5) is 11.3. The second-order valence-corrected chi connectivity index (χ2v) is 3.52. The first-order chi connectivity index (χ1) is 6.63. The smallest absolute Gasteiger partial charge is 0.224 e. The lowest BCUT2D eigenvalue weighted by Crippen LogP contribution is -2.29. The molecule has 1 amide bonds. The Hall–Kier alpha value is -1.03. The first kappa shape index (κ1) is 11.0. The van der Waals surface area contributed by atoms with Crippen molar-refractivity contribution in [2.45, 2.75) is 20.4 Å². The van der Waals surface area contributed by atoms with Gasteiger partial charge in [-0.2, -0.15) is 0 Å². The van der Waals surface area contributed by atoms with Gasteiger partial charge in [-0.1, -0.05) is 12.1 Å². The third kappa shape index (κ3) is 3.03. The van der Waals surface area contributed by atoms with Crippen molar-refractivity contribution in [1.29, 1.82) is 0 Å². The number of halogens is 1. The van der Waals surface area contributed by atoms with E-state index in [0.29, 0.717) is 18.2 Å². The summed E-state index contributed by atoms with van der Waals surface area (Å²) >= 11 is 5.54. The highest BCUT2D eigenvalue weighted by molar-refractivity contribution is 6.19. The molecule has 1 aromatic heterocycles. The molecule has 4 nitrogen and oxygen atoms in total. The Morgan fingerprint density at radius 3 is 3.00 bits per heavy atom. The fourth-order valence-corrected chi connectivity index (χ4v) is 1.06. The molecule has 78 valence electrons. The first-order valence-corrected chi connectivity index (χ1v) is 4.92. The Morgan fingerprint density at radius 1 is 1.79 bits per heavy atom. The Labute approximate surface area is 87.6 Å². The highest BCUT2D eigenvalue weighted by Crippen LogP contribution is 2.03. The number of amides is 1. The van der Waals surface area contributed by atoms with Crippen molar-refractivity contribution in [3.8, 4) is 0 Å². The molecule has 0 fully saturated rings. The topological polar surface area (TPSA) is 55.1 Å². The quantitative estimate of drug-likeness (QED) is 0.776. The van der Waals surface area contributed by atoms with E-state index in [2.05, 4.69) is 10.5 Å². The average molecular weight is 217 g/mol. The highest BCUT2D eigenvalue weighted by Gasteiger charge is 2.11. The van der Waals surface area contributed by atoms with Crippen LogP contribution in [0.15, 0.2) is 10.6 Å². The van der Waals surface area contributed by atoms with Crippen LogP contribution in [0.25, 0.3) is 0 Å². The van der Waals surface area contributed by atoms with Gasteiger partial charge < -0.3 is 9.84 Å². The summed E-state index contributed by atoms with van der Waals surface area (Å²) in [6.45, 7) is 3.96. The summed E-state index contributed by atoms with van der Waals surface area (Å²) in [5.41, 5.74) is 0.805. The molecule has 5 heteroatoms. The molecule has 1 aromatic rings. The van der Waals surface area contributed by atoms with Gasteiger partial charge in [0.05, 0.1) is 12.2 Å². The van der Waals surface area contributed by atoms with Crippen LogP contribution in [0.1, 0.15) is 18.4 Å². The van der Waals surface area contributed by atoms with Gasteiger partial charge in [-0.3, -0.25) is 4.79 Å². The Bertz CT molecular complexity index is 312. The standard InChI is InChI=1S/C9H13ClN2O2/c1-6(4-10)9(13)11-5-8-3-7(2)12-14-8/h3,6H,4-5H2,1-2H3,(H,11,13). The number of hydrogen-bond donors (Lipinski definition) is 1. The molecule has 0 aliphatic heterocycles. The fourth-order valence-electron chi connectivity index (χ4n) is 0.918. The van der Waals surface area contributed by atoms with Crippen molar-refractivity contribution >= 4 is 17.5 Å². The highest BCUT2D eigenvalue weighted by atomic mass is 35.5. The van der Waals surface area contributed by atoms with Crippen molar-refractivity contribution in [1.82, 2.24) is 10.5 Å². The van der Waals surface area contributed by atoms with Crippen LogP contribution in [0.5, 0.6) is 0 Å². The lowest BCUT2D eigenvalue weighted by Gasteiger charge is -2.06. The number of aromatic nitrogens is 1. The molecule has 0 aliphatic carbocycles. The van der Waals surface area contributed by atoms with Crippen LogP contribution in [-0.4, -0.2) is 16.9 Å². The van der Waals surface area contributed by atoms with Gasteiger partial charge in [0, 0.05) is 17.9 Å². The van der Waals surface area contributed by atoms with E-state index in [1.807, 2.05) is 6.92 Å². The molecule has 0 bridgehead atoms. The van der Waals surface area contributed by atoms with Gasteiger partial charge in [-0.15, -0.1) is 11.6 Å². The number of rotatable bonds is 4. The van der Waals surface area contributed by atoms with Crippen LogP contribution in [0.3, 0.4) is 0 Å². The summed E-state index contributed by atoms with van der Waals surface area (Å²) in [5.74, 6) is 0.716. The van der Waals surface area contributed by atoms with Gasteiger partial charge in [0.15, 0.2) is 5.76 Å². The molecule has 0 saturated heterocycles. The van der Waals surface area contributed by atoms with Crippen molar-refractivity contribution < 1.29 is 9.32 Å². The zero-order valence-corrected chi connectivity index (χ0v) is 8.97. The SMILES string of the molecule is Cc1cc(CNC(=O)C(C)CCl)on1. The monoisotopic (exact) mass is 216 g/mol. The third-order valence-corrected chi connectivity index (χ3v) is 2.26.